The molecule has 26 heavy (non-hydrogen) atoms. The second kappa shape index (κ2) is 7.60. The molecule has 2 aromatic rings. The highest BCUT2D eigenvalue weighted by Crippen LogP contribution is 2.17. The molecule has 0 fully saturated rings. The summed E-state index contributed by atoms with van der Waals surface area (Å²) < 4.78 is 27.4. The van der Waals surface area contributed by atoms with Crippen molar-refractivity contribution in [3.05, 3.63) is 71.7 Å². The molecule has 1 aliphatic heterocycles. The van der Waals surface area contributed by atoms with Gasteiger partial charge in [0.15, 0.2) is 0 Å². The van der Waals surface area contributed by atoms with Crippen molar-refractivity contribution in [2.75, 3.05) is 11.9 Å². The maximum atomic E-state index is 13.7. The molecule has 134 valence electrons. The van der Waals surface area contributed by atoms with Crippen LogP contribution < -0.4 is 16.0 Å². The van der Waals surface area contributed by atoms with Crippen molar-refractivity contribution in [1.82, 2.24) is 20.8 Å². The number of aromatic nitrogens is 2. The lowest BCUT2D eigenvalue weighted by atomic mass is 10.2. The molecule has 1 aromatic heterocycles. The fraction of sp³-hybridized carbons (Fsp3) is 0.118. The van der Waals surface area contributed by atoms with E-state index in [1.807, 2.05) is 18.2 Å². The number of hydrogen-bond acceptors (Lipinski definition) is 4. The first-order chi connectivity index (χ1) is 12.6. The molecule has 0 radical (unpaired) electrons. The van der Waals surface area contributed by atoms with E-state index in [2.05, 4.69) is 26.1 Å². The first kappa shape index (κ1) is 17.3. The van der Waals surface area contributed by atoms with Gasteiger partial charge in [0.2, 0.25) is 0 Å². The van der Waals surface area contributed by atoms with Crippen LogP contribution in [0.1, 0.15) is 20.8 Å². The van der Waals surface area contributed by atoms with Gasteiger partial charge in [-0.15, -0.1) is 0 Å². The summed E-state index contributed by atoms with van der Waals surface area (Å²) in [7, 11) is 0. The van der Waals surface area contributed by atoms with Crippen LogP contribution in [-0.4, -0.2) is 34.6 Å². The molecule has 9 heteroatoms. The maximum absolute atomic E-state index is 13.7. The van der Waals surface area contributed by atoms with E-state index in [0.29, 0.717) is 6.54 Å². The van der Waals surface area contributed by atoms with Crippen molar-refractivity contribution in [3.63, 3.8) is 0 Å². The Kier molecular flexibility index (Phi) is 5.07. The van der Waals surface area contributed by atoms with Gasteiger partial charge in [0.05, 0.1) is 17.9 Å². The van der Waals surface area contributed by atoms with Crippen LogP contribution in [0.25, 0.3) is 0 Å². The van der Waals surface area contributed by atoms with E-state index in [4.69, 9.17) is 0 Å². The van der Waals surface area contributed by atoms with Gasteiger partial charge in [-0.05, 0) is 24.4 Å². The van der Waals surface area contributed by atoms with E-state index in [1.165, 1.54) is 6.20 Å². The van der Waals surface area contributed by atoms with Gasteiger partial charge in [-0.2, -0.15) is 5.10 Å². The predicted molar refractivity (Wildman–Crippen MR) is 90.4 cm³/mol. The van der Waals surface area contributed by atoms with Gasteiger partial charge >= 0.3 is 0 Å². The van der Waals surface area contributed by atoms with Crippen LogP contribution in [0.5, 0.6) is 0 Å². The van der Waals surface area contributed by atoms with Crippen molar-refractivity contribution in [1.29, 1.82) is 0 Å². The van der Waals surface area contributed by atoms with Gasteiger partial charge in [-0.25, -0.2) is 8.78 Å². The number of nitrogens with one attached hydrogen (secondary N) is 4. The van der Waals surface area contributed by atoms with E-state index < -0.39 is 29.0 Å². The van der Waals surface area contributed by atoms with Crippen molar-refractivity contribution in [2.45, 2.75) is 6.04 Å². The van der Waals surface area contributed by atoms with Crippen molar-refractivity contribution >= 4 is 17.5 Å². The van der Waals surface area contributed by atoms with Gasteiger partial charge < -0.3 is 16.0 Å². The smallest absolute Gasteiger partial charge is 0.271 e. The third kappa shape index (κ3) is 3.77. The summed E-state index contributed by atoms with van der Waals surface area (Å²) in [6.07, 6.45) is 8.48. The number of carbonyl (C=O) groups is 2. The molecule has 0 saturated carbocycles. The number of halogens is 2. The van der Waals surface area contributed by atoms with Crippen LogP contribution in [0.4, 0.5) is 14.5 Å². The van der Waals surface area contributed by atoms with Crippen LogP contribution in [0.3, 0.4) is 0 Å². The topological polar surface area (TPSA) is 98.9 Å². The number of nitrogens with zero attached hydrogens (tertiary/aromatic N) is 1. The van der Waals surface area contributed by atoms with E-state index in [9.17, 15) is 18.4 Å². The van der Waals surface area contributed by atoms with Gasteiger partial charge in [-0.1, -0.05) is 18.2 Å². The van der Waals surface area contributed by atoms with Crippen LogP contribution in [0.2, 0.25) is 0 Å². The van der Waals surface area contributed by atoms with E-state index in [0.717, 1.165) is 18.2 Å². The third-order valence-corrected chi connectivity index (χ3v) is 3.65. The summed E-state index contributed by atoms with van der Waals surface area (Å²) in [5.41, 5.74) is -0.740. The standard InChI is InChI=1S/C17H15F2N5O2/c18-11-5-3-6-12(19)14(11)16(25)23-13-9-22-24-15(13)17(26)21-8-10-4-1-2-7-20-10/h1-7,9-10,20H,8H2,(H,21,26)(H,22,24)(H,23,25). The van der Waals surface area contributed by atoms with Gasteiger partial charge in [-0.3, -0.25) is 14.7 Å². The Labute approximate surface area is 147 Å². The molecule has 1 atom stereocenters. The molecule has 4 N–H and O–H groups in total. The zero-order valence-electron chi connectivity index (χ0n) is 13.4. The summed E-state index contributed by atoms with van der Waals surface area (Å²) in [5, 5.41) is 14.2. The summed E-state index contributed by atoms with van der Waals surface area (Å²) in [5.74, 6) is -3.53. The molecule has 2 heterocycles. The lowest BCUT2D eigenvalue weighted by molar-refractivity contribution is 0.0947. The summed E-state index contributed by atoms with van der Waals surface area (Å²) in [6, 6.07) is 3.03. The van der Waals surface area contributed by atoms with E-state index in [-0.39, 0.29) is 17.4 Å². The first-order valence-electron chi connectivity index (χ1n) is 7.72. The largest absolute Gasteiger partial charge is 0.383 e. The number of amides is 2. The average Bonchev–Trinajstić information content (AvgIpc) is 3.08. The molecule has 7 nitrogen and oxygen atoms in total. The van der Waals surface area contributed by atoms with Crippen molar-refractivity contribution < 1.29 is 18.4 Å². The number of hydrogen-bond donors (Lipinski definition) is 4. The van der Waals surface area contributed by atoms with Crippen molar-refractivity contribution in [3.8, 4) is 0 Å². The van der Waals surface area contributed by atoms with Crippen LogP contribution >= 0.6 is 0 Å². The molecule has 1 aliphatic rings. The molecule has 2 amide bonds. The maximum Gasteiger partial charge on any atom is 0.271 e. The Bertz CT molecular complexity index is 871. The molecule has 1 unspecified atom stereocenters. The number of H-pyrrole nitrogens is 1. The second-order valence-corrected chi connectivity index (χ2v) is 5.44. The summed E-state index contributed by atoms with van der Waals surface area (Å²) in [4.78, 5) is 24.4. The average molecular weight is 359 g/mol. The SMILES string of the molecule is O=C(NCC1C=CC=CN1)c1[nH]ncc1NC(=O)c1c(F)cccc1F. The third-order valence-electron chi connectivity index (χ3n) is 3.65. The lowest BCUT2D eigenvalue weighted by Crippen LogP contribution is -2.38. The van der Waals surface area contributed by atoms with E-state index in [1.54, 1.807) is 6.20 Å². The zero-order valence-corrected chi connectivity index (χ0v) is 13.4. The van der Waals surface area contributed by atoms with Gasteiger partial charge in [0.1, 0.15) is 22.9 Å². The Morgan fingerprint density at radius 2 is 1.92 bits per heavy atom. The zero-order chi connectivity index (χ0) is 18.5. The summed E-state index contributed by atoms with van der Waals surface area (Å²) in [6.45, 7) is 0.300. The Hall–Kier alpha value is -3.49. The Balaban J connectivity index is 1.68. The number of carbonyl (C=O) groups excluding carboxylic acids is 2. The second-order valence-electron chi connectivity index (χ2n) is 5.44. The van der Waals surface area contributed by atoms with Gasteiger partial charge in [0.25, 0.3) is 11.8 Å². The Morgan fingerprint density at radius 3 is 2.62 bits per heavy atom. The van der Waals surface area contributed by atoms with Crippen LogP contribution in [0, 0.1) is 11.6 Å². The molecular weight excluding hydrogens is 344 g/mol. The van der Waals surface area contributed by atoms with E-state index >= 15 is 0 Å². The Morgan fingerprint density at radius 1 is 1.15 bits per heavy atom. The summed E-state index contributed by atoms with van der Waals surface area (Å²) >= 11 is 0. The molecule has 0 spiro atoms. The molecule has 0 saturated heterocycles. The molecule has 0 aliphatic carbocycles. The van der Waals surface area contributed by atoms with Crippen LogP contribution in [0.15, 0.2) is 48.8 Å². The first-order valence-corrected chi connectivity index (χ1v) is 7.72. The number of aromatic amines is 1. The number of rotatable bonds is 5. The number of anilines is 1. The van der Waals surface area contributed by atoms with Crippen molar-refractivity contribution in [2.24, 2.45) is 0 Å². The monoisotopic (exact) mass is 359 g/mol. The molecular formula is C17H15F2N5O2. The molecule has 0 bridgehead atoms. The number of benzene rings is 1. The minimum absolute atomic E-state index is 0.0159. The number of dihydropyridines is 1. The predicted octanol–water partition coefficient (Wildman–Crippen LogP) is 1.71. The quantitative estimate of drug-likeness (QED) is 0.653. The van der Waals surface area contributed by atoms with Gasteiger partial charge in [0, 0.05) is 6.54 Å². The highest BCUT2D eigenvalue weighted by Gasteiger charge is 2.21. The minimum atomic E-state index is -1.02. The molecule has 3 rings (SSSR count). The minimum Gasteiger partial charge on any atom is -0.383 e. The fourth-order valence-electron chi connectivity index (χ4n) is 2.36. The number of allylic oxidation sites excluding steroid dienone is 2. The highest BCUT2D eigenvalue weighted by atomic mass is 19.1. The fourth-order valence-corrected chi connectivity index (χ4v) is 2.36. The highest BCUT2D eigenvalue weighted by molar-refractivity contribution is 6.08. The van der Waals surface area contributed by atoms with Crippen LogP contribution in [-0.2, 0) is 0 Å². The lowest BCUT2D eigenvalue weighted by Gasteiger charge is -2.16. The normalized spacial score (nSPS) is 15.4. The molecule has 1 aromatic carbocycles.